The summed E-state index contributed by atoms with van der Waals surface area (Å²) in [7, 11) is 0. The molecule has 1 heterocycles. The number of carbonyl (C=O) groups excluding carboxylic acids is 1. The summed E-state index contributed by atoms with van der Waals surface area (Å²) in [6, 6.07) is -1.27. The molecule has 9 heteroatoms. The number of alkyl halides is 4. The van der Waals surface area contributed by atoms with Crippen LogP contribution in [0.25, 0.3) is 0 Å². The summed E-state index contributed by atoms with van der Waals surface area (Å²) in [6.45, 7) is 4.61. The van der Waals surface area contributed by atoms with Crippen LogP contribution >= 0.6 is 0 Å². The van der Waals surface area contributed by atoms with E-state index in [0.717, 1.165) is 0 Å². The largest absolute Gasteiger partial charge is 0.451 e. The molecule has 1 aliphatic heterocycles. The van der Waals surface area contributed by atoms with E-state index < -0.39 is 36.2 Å². The summed E-state index contributed by atoms with van der Waals surface area (Å²) in [6.07, 6.45) is -4.69. The Balaban J connectivity index is 2.58. The SMILES string of the molecule is C=CN=C(N=CNC(=O)[C@@H]1C[C@@H](F)[C@H](C)N1)C(F)(F)F. The van der Waals surface area contributed by atoms with Gasteiger partial charge in [0.25, 0.3) is 0 Å². The highest BCUT2D eigenvalue weighted by atomic mass is 19.4. The molecule has 0 aromatic rings. The molecule has 1 amide bonds. The van der Waals surface area contributed by atoms with E-state index in [0.29, 0.717) is 12.5 Å². The fourth-order valence-electron chi connectivity index (χ4n) is 1.63. The summed E-state index contributed by atoms with van der Waals surface area (Å²) < 4.78 is 50.3. The average molecular weight is 294 g/mol. The minimum atomic E-state index is -4.75. The van der Waals surface area contributed by atoms with Gasteiger partial charge in [-0.25, -0.2) is 14.4 Å². The van der Waals surface area contributed by atoms with Gasteiger partial charge in [0, 0.05) is 18.7 Å². The van der Waals surface area contributed by atoms with Gasteiger partial charge in [-0.1, -0.05) is 6.58 Å². The van der Waals surface area contributed by atoms with Gasteiger partial charge in [0.05, 0.1) is 12.4 Å². The van der Waals surface area contributed by atoms with E-state index in [9.17, 15) is 22.4 Å². The van der Waals surface area contributed by atoms with Crippen molar-refractivity contribution in [2.75, 3.05) is 0 Å². The van der Waals surface area contributed by atoms with E-state index in [1.54, 1.807) is 6.92 Å². The number of aliphatic imine (C=N–C) groups is 2. The van der Waals surface area contributed by atoms with Crippen molar-refractivity contribution in [2.24, 2.45) is 9.98 Å². The van der Waals surface area contributed by atoms with Crippen LogP contribution in [0.5, 0.6) is 0 Å². The minimum Gasteiger partial charge on any atom is -0.315 e. The number of amides is 1. The minimum absolute atomic E-state index is 0.0340. The van der Waals surface area contributed by atoms with Crippen LogP contribution in [0, 0.1) is 0 Å². The van der Waals surface area contributed by atoms with Gasteiger partial charge in [0.15, 0.2) is 0 Å². The topological polar surface area (TPSA) is 65.8 Å². The van der Waals surface area contributed by atoms with E-state index in [1.165, 1.54) is 0 Å². The maximum atomic E-state index is 13.2. The maximum Gasteiger partial charge on any atom is 0.451 e. The molecule has 112 valence electrons. The molecule has 0 bridgehead atoms. The summed E-state index contributed by atoms with van der Waals surface area (Å²) in [5, 5.41) is 4.73. The lowest BCUT2D eigenvalue weighted by Gasteiger charge is -2.09. The molecule has 0 aromatic carbocycles. The number of rotatable bonds is 3. The first-order valence-corrected chi connectivity index (χ1v) is 5.74. The predicted octanol–water partition coefficient (Wildman–Crippen LogP) is 1.32. The first kappa shape index (κ1) is 16.3. The third-order valence-electron chi connectivity index (χ3n) is 2.64. The lowest BCUT2D eigenvalue weighted by atomic mass is 10.2. The number of carbonyl (C=O) groups is 1. The van der Waals surface area contributed by atoms with Crippen molar-refractivity contribution in [1.82, 2.24) is 10.6 Å². The van der Waals surface area contributed by atoms with Crippen molar-refractivity contribution in [2.45, 2.75) is 37.8 Å². The van der Waals surface area contributed by atoms with Gasteiger partial charge in [-0.05, 0) is 6.92 Å². The predicted molar refractivity (Wildman–Crippen MR) is 66.2 cm³/mol. The molecule has 0 unspecified atom stereocenters. The van der Waals surface area contributed by atoms with Crippen LogP contribution in [0.1, 0.15) is 13.3 Å². The fourth-order valence-corrected chi connectivity index (χ4v) is 1.63. The molecule has 20 heavy (non-hydrogen) atoms. The van der Waals surface area contributed by atoms with Gasteiger partial charge in [-0.2, -0.15) is 13.2 Å². The second-order valence-electron chi connectivity index (χ2n) is 4.16. The van der Waals surface area contributed by atoms with E-state index >= 15 is 0 Å². The van der Waals surface area contributed by atoms with Crippen LogP contribution in [-0.2, 0) is 4.79 Å². The molecule has 5 nitrogen and oxygen atoms in total. The van der Waals surface area contributed by atoms with Gasteiger partial charge in [0.2, 0.25) is 11.7 Å². The van der Waals surface area contributed by atoms with Crippen LogP contribution in [0.4, 0.5) is 17.6 Å². The Morgan fingerprint density at radius 3 is 2.60 bits per heavy atom. The van der Waals surface area contributed by atoms with Crippen molar-refractivity contribution in [1.29, 1.82) is 0 Å². The Kier molecular flexibility index (Phi) is 5.37. The van der Waals surface area contributed by atoms with Crippen LogP contribution in [-0.4, -0.2) is 42.5 Å². The van der Waals surface area contributed by atoms with E-state index in [4.69, 9.17) is 0 Å². The number of hydrogen-bond donors (Lipinski definition) is 2. The maximum absolute atomic E-state index is 13.2. The Morgan fingerprint density at radius 2 is 2.15 bits per heavy atom. The fraction of sp³-hybridized carbons (Fsp3) is 0.545. The third-order valence-corrected chi connectivity index (χ3v) is 2.64. The quantitative estimate of drug-likeness (QED) is 0.468. The van der Waals surface area contributed by atoms with E-state index in [1.807, 2.05) is 0 Å². The van der Waals surface area contributed by atoms with E-state index in [-0.39, 0.29) is 6.42 Å². The molecular formula is C11H14F4N4O. The number of amidine groups is 1. The molecular weight excluding hydrogens is 280 g/mol. The zero-order chi connectivity index (χ0) is 15.3. The Hall–Kier alpha value is -1.77. The molecule has 1 aliphatic rings. The van der Waals surface area contributed by atoms with Gasteiger partial charge in [-0.15, -0.1) is 0 Å². The number of nitrogens with one attached hydrogen (secondary N) is 2. The summed E-state index contributed by atoms with van der Waals surface area (Å²) in [5.41, 5.74) is 0. The smallest absolute Gasteiger partial charge is 0.315 e. The molecule has 0 aliphatic carbocycles. The van der Waals surface area contributed by atoms with Crippen molar-refractivity contribution in [3.63, 3.8) is 0 Å². The molecule has 0 saturated carbocycles. The number of hydrogen-bond acceptors (Lipinski definition) is 3. The molecule has 1 saturated heterocycles. The number of halogens is 4. The van der Waals surface area contributed by atoms with Crippen LogP contribution in [0.2, 0.25) is 0 Å². The van der Waals surface area contributed by atoms with Gasteiger partial charge in [0.1, 0.15) is 6.17 Å². The van der Waals surface area contributed by atoms with Crippen molar-refractivity contribution in [3.8, 4) is 0 Å². The molecule has 0 spiro atoms. The summed E-state index contributed by atoms with van der Waals surface area (Å²) in [4.78, 5) is 17.5. The van der Waals surface area contributed by atoms with Crippen LogP contribution < -0.4 is 10.6 Å². The van der Waals surface area contributed by atoms with Crippen LogP contribution in [0.15, 0.2) is 22.8 Å². The van der Waals surface area contributed by atoms with Crippen LogP contribution in [0.3, 0.4) is 0 Å². The van der Waals surface area contributed by atoms with Crippen molar-refractivity contribution < 1.29 is 22.4 Å². The summed E-state index contributed by atoms with van der Waals surface area (Å²) >= 11 is 0. The highest BCUT2D eigenvalue weighted by molar-refractivity contribution is 5.98. The molecule has 0 aromatic heterocycles. The third kappa shape index (κ3) is 4.41. The van der Waals surface area contributed by atoms with Crippen molar-refractivity contribution >= 4 is 18.1 Å². The first-order chi connectivity index (χ1) is 9.25. The Bertz CT molecular complexity index is 423. The normalized spacial score (nSPS) is 27.9. The molecule has 0 radical (unpaired) electrons. The van der Waals surface area contributed by atoms with E-state index in [2.05, 4.69) is 27.2 Å². The Labute approximate surface area is 112 Å². The second-order valence-corrected chi connectivity index (χ2v) is 4.16. The molecule has 1 rings (SSSR count). The Morgan fingerprint density at radius 1 is 1.50 bits per heavy atom. The zero-order valence-electron chi connectivity index (χ0n) is 10.6. The van der Waals surface area contributed by atoms with Gasteiger partial charge < -0.3 is 10.6 Å². The molecule has 3 atom stereocenters. The lowest BCUT2D eigenvalue weighted by Crippen LogP contribution is -2.42. The second kappa shape index (κ2) is 6.60. The standard InChI is InChI=1S/C11H14F4N4O/c1-3-16-10(11(13,14)15)18-5-17-9(20)8-4-7(12)6(2)19-8/h3,5-8,19H,1,4H2,2H3,(H,16,17,18,20)/t6-,7+,8-/m0/s1. The highest BCUT2D eigenvalue weighted by Crippen LogP contribution is 2.18. The zero-order valence-corrected chi connectivity index (χ0v) is 10.6. The number of nitrogens with zero attached hydrogens (tertiary/aromatic N) is 2. The lowest BCUT2D eigenvalue weighted by molar-refractivity contribution is -0.121. The molecule has 1 fully saturated rings. The van der Waals surface area contributed by atoms with Gasteiger partial charge >= 0.3 is 6.18 Å². The first-order valence-electron chi connectivity index (χ1n) is 5.74. The highest BCUT2D eigenvalue weighted by Gasteiger charge is 2.36. The monoisotopic (exact) mass is 294 g/mol. The van der Waals surface area contributed by atoms with Gasteiger partial charge in [-0.3, -0.25) is 4.79 Å². The van der Waals surface area contributed by atoms with Crippen molar-refractivity contribution in [3.05, 3.63) is 12.8 Å². The summed E-state index contributed by atoms with van der Waals surface area (Å²) in [5.74, 6) is -2.09. The average Bonchev–Trinajstić information content (AvgIpc) is 2.67. The molecule has 2 N–H and O–H groups in total.